The molecule has 31 heavy (non-hydrogen) atoms. The number of piperidine rings is 1. The fourth-order valence-corrected chi connectivity index (χ4v) is 4.03. The predicted molar refractivity (Wildman–Crippen MR) is 116 cm³/mol. The van der Waals surface area contributed by atoms with E-state index in [4.69, 9.17) is 4.74 Å². The van der Waals surface area contributed by atoms with Gasteiger partial charge in [0.1, 0.15) is 0 Å². The summed E-state index contributed by atoms with van der Waals surface area (Å²) in [7, 11) is 1.52. The number of benzene rings is 1. The molecular formula is C23H26N4O4. The van der Waals surface area contributed by atoms with Crippen molar-refractivity contribution >= 4 is 29.1 Å². The van der Waals surface area contributed by atoms with Crippen LogP contribution in [-0.4, -0.2) is 49.4 Å². The molecule has 0 bridgehead atoms. The summed E-state index contributed by atoms with van der Waals surface area (Å²) in [5.41, 5.74) is 2.13. The Bertz CT molecular complexity index is 959. The standard InChI is InChI=1S/C23H26N4O4/c1-31-20-10-5-17(14-24-20)23(30)25-13-16-12-22(29)27(15-16)19-8-6-18(7-9-19)26-11-3-2-4-21(26)28/h5-10,14,16H,2-4,11-13,15H2,1H3,(H,25,30). The minimum absolute atomic E-state index is 0.0333. The van der Waals surface area contributed by atoms with Gasteiger partial charge in [-0.05, 0) is 43.2 Å². The normalized spacial score (nSPS) is 18.9. The van der Waals surface area contributed by atoms with E-state index in [9.17, 15) is 14.4 Å². The highest BCUT2D eigenvalue weighted by Crippen LogP contribution is 2.28. The highest BCUT2D eigenvalue weighted by molar-refractivity contribution is 5.97. The fourth-order valence-electron chi connectivity index (χ4n) is 4.03. The molecule has 8 nitrogen and oxygen atoms in total. The summed E-state index contributed by atoms with van der Waals surface area (Å²) in [5, 5.41) is 2.89. The van der Waals surface area contributed by atoms with E-state index >= 15 is 0 Å². The van der Waals surface area contributed by atoms with Crippen LogP contribution in [0.25, 0.3) is 0 Å². The van der Waals surface area contributed by atoms with Gasteiger partial charge in [-0.3, -0.25) is 14.4 Å². The van der Waals surface area contributed by atoms with E-state index in [1.807, 2.05) is 29.2 Å². The number of amides is 3. The third-order valence-corrected chi connectivity index (χ3v) is 5.76. The Morgan fingerprint density at radius 1 is 1.06 bits per heavy atom. The molecule has 2 saturated heterocycles. The SMILES string of the molecule is COc1ccc(C(=O)NCC2CC(=O)N(c3ccc(N4CCCCC4=O)cc3)C2)cn1. The third-order valence-electron chi connectivity index (χ3n) is 5.76. The summed E-state index contributed by atoms with van der Waals surface area (Å²) in [5.74, 6) is 0.443. The first kappa shape index (κ1) is 20.8. The van der Waals surface area contributed by atoms with Crippen molar-refractivity contribution < 1.29 is 19.1 Å². The first-order valence-corrected chi connectivity index (χ1v) is 10.5. The maximum Gasteiger partial charge on any atom is 0.252 e. The molecule has 8 heteroatoms. The second kappa shape index (κ2) is 9.16. The number of hydrogen-bond acceptors (Lipinski definition) is 5. The molecule has 2 aromatic rings. The summed E-state index contributed by atoms with van der Waals surface area (Å²) in [4.78, 5) is 44.6. The van der Waals surface area contributed by atoms with Gasteiger partial charge in [0.2, 0.25) is 17.7 Å². The van der Waals surface area contributed by atoms with Gasteiger partial charge in [0.05, 0.1) is 12.7 Å². The molecule has 1 N–H and O–H groups in total. The fraction of sp³-hybridized carbons (Fsp3) is 0.391. The number of hydrogen-bond donors (Lipinski definition) is 1. The van der Waals surface area contributed by atoms with Crippen LogP contribution in [0.1, 0.15) is 36.0 Å². The Hall–Kier alpha value is -3.42. The summed E-state index contributed by atoms with van der Waals surface area (Å²) in [6.07, 6.45) is 4.40. The minimum atomic E-state index is -0.225. The van der Waals surface area contributed by atoms with E-state index in [1.54, 1.807) is 17.0 Å². The molecule has 1 unspecified atom stereocenters. The number of nitrogens with one attached hydrogen (secondary N) is 1. The van der Waals surface area contributed by atoms with Crippen LogP contribution in [-0.2, 0) is 9.59 Å². The number of carbonyl (C=O) groups excluding carboxylic acids is 3. The van der Waals surface area contributed by atoms with Crippen molar-refractivity contribution in [2.45, 2.75) is 25.7 Å². The van der Waals surface area contributed by atoms with Gasteiger partial charge in [0.25, 0.3) is 5.91 Å². The zero-order valence-corrected chi connectivity index (χ0v) is 17.5. The average Bonchev–Trinajstić information content (AvgIpc) is 3.18. The van der Waals surface area contributed by atoms with E-state index in [0.717, 1.165) is 30.8 Å². The molecule has 2 fully saturated rings. The molecule has 1 atom stereocenters. The summed E-state index contributed by atoms with van der Waals surface area (Å²) >= 11 is 0. The summed E-state index contributed by atoms with van der Waals surface area (Å²) < 4.78 is 5.00. The lowest BCUT2D eigenvalue weighted by atomic mass is 10.1. The quantitative estimate of drug-likeness (QED) is 0.772. The molecule has 1 aromatic heterocycles. The van der Waals surface area contributed by atoms with Gasteiger partial charge < -0.3 is 19.9 Å². The first-order valence-electron chi connectivity index (χ1n) is 10.5. The van der Waals surface area contributed by atoms with E-state index in [-0.39, 0.29) is 23.6 Å². The van der Waals surface area contributed by atoms with Crippen molar-refractivity contribution in [2.24, 2.45) is 5.92 Å². The van der Waals surface area contributed by atoms with E-state index in [0.29, 0.717) is 37.4 Å². The van der Waals surface area contributed by atoms with Crippen molar-refractivity contribution in [1.29, 1.82) is 0 Å². The van der Waals surface area contributed by atoms with E-state index in [2.05, 4.69) is 10.3 Å². The number of methoxy groups -OCH3 is 1. The van der Waals surface area contributed by atoms with Crippen molar-refractivity contribution in [1.82, 2.24) is 10.3 Å². The van der Waals surface area contributed by atoms with Crippen LogP contribution in [0.2, 0.25) is 0 Å². The number of rotatable bonds is 6. The number of nitrogens with zero attached hydrogens (tertiary/aromatic N) is 3. The largest absolute Gasteiger partial charge is 0.481 e. The second-order valence-electron chi connectivity index (χ2n) is 7.89. The molecule has 162 valence electrons. The molecule has 4 rings (SSSR count). The number of aromatic nitrogens is 1. The summed E-state index contributed by atoms with van der Waals surface area (Å²) in [6.45, 7) is 1.70. The van der Waals surface area contributed by atoms with Gasteiger partial charge >= 0.3 is 0 Å². The lowest BCUT2D eigenvalue weighted by molar-refractivity contribution is -0.119. The zero-order chi connectivity index (χ0) is 21.8. The van der Waals surface area contributed by atoms with Crippen molar-refractivity contribution in [3.63, 3.8) is 0 Å². The molecule has 0 saturated carbocycles. The molecule has 2 aliphatic heterocycles. The molecule has 1 aromatic carbocycles. The van der Waals surface area contributed by atoms with Crippen LogP contribution < -0.4 is 19.9 Å². The molecule has 0 aliphatic carbocycles. The molecule has 3 heterocycles. The van der Waals surface area contributed by atoms with Crippen LogP contribution in [0.4, 0.5) is 11.4 Å². The van der Waals surface area contributed by atoms with Crippen molar-refractivity contribution in [3.05, 3.63) is 48.2 Å². The monoisotopic (exact) mass is 422 g/mol. The molecular weight excluding hydrogens is 396 g/mol. The molecule has 2 aliphatic rings. The van der Waals surface area contributed by atoms with Gasteiger partial charge in [0, 0.05) is 62.0 Å². The van der Waals surface area contributed by atoms with E-state index in [1.165, 1.54) is 13.3 Å². The van der Waals surface area contributed by atoms with Gasteiger partial charge in [-0.1, -0.05) is 0 Å². The maximum absolute atomic E-state index is 12.5. The topological polar surface area (TPSA) is 91.8 Å². The number of carbonyl (C=O) groups is 3. The number of pyridine rings is 1. The molecule has 0 radical (unpaired) electrons. The van der Waals surface area contributed by atoms with Crippen molar-refractivity contribution in [3.8, 4) is 5.88 Å². The molecule has 3 amide bonds. The maximum atomic E-state index is 12.5. The van der Waals surface area contributed by atoms with Gasteiger partial charge in [-0.25, -0.2) is 4.98 Å². The highest BCUT2D eigenvalue weighted by atomic mass is 16.5. The Balaban J connectivity index is 1.33. The van der Waals surface area contributed by atoms with Gasteiger partial charge in [-0.15, -0.1) is 0 Å². The Labute approximate surface area is 181 Å². The lowest BCUT2D eigenvalue weighted by Gasteiger charge is -2.27. The molecule has 0 spiro atoms. The van der Waals surface area contributed by atoms with Crippen molar-refractivity contribution in [2.75, 3.05) is 36.5 Å². The van der Waals surface area contributed by atoms with Crippen LogP contribution in [0, 0.1) is 5.92 Å². The Morgan fingerprint density at radius 2 is 1.81 bits per heavy atom. The Morgan fingerprint density at radius 3 is 2.45 bits per heavy atom. The lowest BCUT2D eigenvalue weighted by Crippen LogP contribution is -2.35. The Kier molecular flexibility index (Phi) is 6.16. The van der Waals surface area contributed by atoms with Gasteiger partial charge in [-0.2, -0.15) is 0 Å². The zero-order valence-electron chi connectivity index (χ0n) is 17.5. The number of ether oxygens (including phenoxy) is 1. The van der Waals surface area contributed by atoms with Crippen LogP contribution in [0.15, 0.2) is 42.6 Å². The number of anilines is 2. The second-order valence-corrected chi connectivity index (χ2v) is 7.89. The van der Waals surface area contributed by atoms with Crippen LogP contribution in [0.3, 0.4) is 0 Å². The van der Waals surface area contributed by atoms with Crippen LogP contribution in [0.5, 0.6) is 5.88 Å². The van der Waals surface area contributed by atoms with Gasteiger partial charge in [0.15, 0.2) is 0 Å². The summed E-state index contributed by atoms with van der Waals surface area (Å²) in [6, 6.07) is 10.9. The first-order chi connectivity index (χ1) is 15.0. The average molecular weight is 422 g/mol. The smallest absolute Gasteiger partial charge is 0.252 e. The predicted octanol–water partition coefficient (Wildman–Crippen LogP) is 2.39. The third kappa shape index (κ3) is 4.68. The minimum Gasteiger partial charge on any atom is -0.481 e. The van der Waals surface area contributed by atoms with E-state index < -0.39 is 0 Å². The van der Waals surface area contributed by atoms with Crippen LogP contribution >= 0.6 is 0 Å². The highest BCUT2D eigenvalue weighted by Gasteiger charge is 2.31.